The highest BCUT2D eigenvalue weighted by atomic mass is 16.2. The lowest BCUT2D eigenvalue weighted by molar-refractivity contribution is 0.0903. The zero-order chi connectivity index (χ0) is 23.9. The molecule has 1 aliphatic carbocycles. The van der Waals surface area contributed by atoms with E-state index in [4.69, 9.17) is 4.98 Å². The first-order valence-corrected chi connectivity index (χ1v) is 12.7. The van der Waals surface area contributed by atoms with Crippen molar-refractivity contribution in [1.82, 2.24) is 34.9 Å². The van der Waals surface area contributed by atoms with E-state index in [1.165, 1.54) is 25.7 Å². The van der Waals surface area contributed by atoms with E-state index in [9.17, 15) is 4.79 Å². The summed E-state index contributed by atoms with van der Waals surface area (Å²) in [5.41, 5.74) is 1.48. The Morgan fingerprint density at radius 3 is 2.60 bits per heavy atom. The Morgan fingerprint density at radius 1 is 1.09 bits per heavy atom. The number of anilines is 3. The van der Waals surface area contributed by atoms with E-state index in [0.717, 1.165) is 42.8 Å². The zero-order valence-electron chi connectivity index (χ0n) is 20.4. The minimum atomic E-state index is -0.0390. The summed E-state index contributed by atoms with van der Waals surface area (Å²) in [6.07, 6.45) is 8.95. The summed E-state index contributed by atoms with van der Waals surface area (Å²) >= 11 is 0. The first-order valence-electron chi connectivity index (χ1n) is 12.7. The van der Waals surface area contributed by atoms with Crippen molar-refractivity contribution in [1.29, 1.82) is 0 Å². The maximum atomic E-state index is 12.6. The van der Waals surface area contributed by atoms with Crippen molar-refractivity contribution in [2.45, 2.75) is 50.6 Å². The largest absolute Gasteiger partial charge is 0.355 e. The monoisotopic (exact) mass is 475 g/mol. The van der Waals surface area contributed by atoms with Crippen LogP contribution in [0.3, 0.4) is 0 Å². The smallest absolute Gasteiger partial charge is 0.268 e. The topological polar surface area (TPSA) is 104 Å². The van der Waals surface area contributed by atoms with Gasteiger partial charge in [-0.05, 0) is 63.9 Å². The van der Waals surface area contributed by atoms with Gasteiger partial charge in [0.05, 0.1) is 6.04 Å². The molecule has 0 spiro atoms. The zero-order valence-corrected chi connectivity index (χ0v) is 20.4. The molecule has 1 amide bonds. The molecular formula is C25H33N9O. The molecule has 2 fully saturated rings. The molecule has 2 N–H and O–H groups in total. The number of fused-ring (bicyclic) bond motifs is 3. The fourth-order valence-corrected chi connectivity index (χ4v) is 5.96. The molecule has 10 nitrogen and oxygen atoms in total. The van der Waals surface area contributed by atoms with Crippen LogP contribution in [-0.4, -0.2) is 75.3 Å². The molecule has 184 valence electrons. The molecule has 1 saturated carbocycles. The van der Waals surface area contributed by atoms with E-state index < -0.39 is 0 Å². The highest BCUT2D eigenvalue weighted by Gasteiger charge is 2.34. The third-order valence-corrected chi connectivity index (χ3v) is 7.97. The molecule has 3 aromatic heterocycles. The van der Waals surface area contributed by atoms with Crippen LogP contribution in [0, 0.1) is 5.92 Å². The van der Waals surface area contributed by atoms with E-state index in [0.29, 0.717) is 36.0 Å². The first kappa shape index (κ1) is 22.2. The van der Waals surface area contributed by atoms with E-state index in [2.05, 4.69) is 54.3 Å². The van der Waals surface area contributed by atoms with Gasteiger partial charge in [-0.15, -0.1) is 10.2 Å². The van der Waals surface area contributed by atoms with E-state index in [1.54, 1.807) is 6.20 Å². The number of piperidine rings is 1. The lowest BCUT2D eigenvalue weighted by atomic mass is 9.96. The van der Waals surface area contributed by atoms with Crippen LogP contribution in [0.25, 0.3) is 11.0 Å². The maximum absolute atomic E-state index is 12.6. The Kier molecular flexibility index (Phi) is 5.75. The molecule has 1 unspecified atom stereocenters. The number of hydrogen-bond acceptors (Lipinski definition) is 8. The van der Waals surface area contributed by atoms with Gasteiger partial charge in [0.2, 0.25) is 5.95 Å². The van der Waals surface area contributed by atoms with Gasteiger partial charge in [-0.2, -0.15) is 4.98 Å². The molecule has 5 heterocycles. The van der Waals surface area contributed by atoms with Gasteiger partial charge in [-0.3, -0.25) is 4.79 Å². The Morgan fingerprint density at radius 2 is 1.89 bits per heavy atom. The molecule has 0 radical (unpaired) electrons. The highest BCUT2D eigenvalue weighted by molar-refractivity contribution is 5.99. The number of hydrogen-bond donors (Lipinski definition) is 2. The number of amides is 1. The lowest BCUT2D eigenvalue weighted by Crippen LogP contribution is -2.42. The van der Waals surface area contributed by atoms with Crippen molar-refractivity contribution >= 4 is 34.5 Å². The Balaban J connectivity index is 1.22. The molecular weight excluding hydrogens is 442 g/mol. The summed E-state index contributed by atoms with van der Waals surface area (Å²) in [6, 6.07) is 6.70. The SMILES string of the molecule is CN(C)C1CCN(c2ccc(Nc3ncc4cc5n(c4n3)C(C3CCCC3)CNC5=O)nn2)CC1. The standard InChI is InChI=1S/C25H33N9O/c1-32(2)18-9-11-33(12-10-18)22-8-7-21(30-31-22)28-25-27-14-17-13-19-24(35)26-15-20(16-5-3-4-6-16)34(19)23(17)29-25/h7-8,13-14,16,18,20H,3-6,9-12,15H2,1-2H3,(H,26,35)(H,27,28,29,30). The third kappa shape index (κ3) is 4.20. The van der Waals surface area contributed by atoms with Crippen LogP contribution in [0.15, 0.2) is 24.4 Å². The maximum Gasteiger partial charge on any atom is 0.268 e. The van der Waals surface area contributed by atoms with Gasteiger partial charge in [0.1, 0.15) is 11.3 Å². The van der Waals surface area contributed by atoms with Crippen LogP contribution in [0.1, 0.15) is 55.1 Å². The van der Waals surface area contributed by atoms with E-state index in [1.807, 2.05) is 18.2 Å². The Bertz CT molecular complexity index is 1210. The summed E-state index contributed by atoms with van der Waals surface area (Å²) in [6.45, 7) is 2.63. The fraction of sp³-hybridized carbons (Fsp3) is 0.560. The quantitative estimate of drug-likeness (QED) is 0.581. The molecule has 3 aromatic rings. The normalized spacial score (nSPS) is 21.5. The van der Waals surface area contributed by atoms with Gasteiger partial charge in [-0.1, -0.05) is 12.8 Å². The summed E-state index contributed by atoms with van der Waals surface area (Å²) in [5.74, 6) is 2.49. The minimum absolute atomic E-state index is 0.0390. The van der Waals surface area contributed by atoms with Crippen molar-refractivity contribution < 1.29 is 4.79 Å². The molecule has 2 aliphatic heterocycles. The highest BCUT2D eigenvalue weighted by Crippen LogP contribution is 2.38. The van der Waals surface area contributed by atoms with Gasteiger partial charge in [0.15, 0.2) is 11.6 Å². The third-order valence-electron chi connectivity index (χ3n) is 7.97. The predicted molar refractivity (Wildman–Crippen MR) is 135 cm³/mol. The molecule has 35 heavy (non-hydrogen) atoms. The Hall–Kier alpha value is -3.27. The van der Waals surface area contributed by atoms with Crippen LogP contribution in [-0.2, 0) is 0 Å². The second-order valence-corrected chi connectivity index (χ2v) is 10.3. The van der Waals surface area contributed by atoms with Crippen LogP contribution >= 0.6 is 0 Å². The summed E-state index contributed by atoms with van der Waals surface area (Å²) in [4.78, 5) is 26.5. The van der Waals surface area contributed by atoms with Crippen LogP contribution in [0.5, 0.6) is 0 Å². The number of aromatic nitrogens is 5. The molecule has 0 bridgehead atoms. The first-order chi connectivity index (χ1) is 17.1. The van der Waals surface area contributed by atoms with Gasteiger partial charge >= 0.3 is 0 Å². The van der Waals surface area contributed by atoms with Crippen LogP contribution < -0.4 is 15.5 Å². The van der Waals surface area contributed by atoms with Crippen LogP contribution in [0.4, 0.5) is 17.6 Å². The van der Waals surface area contributed by atoms with Crippen molar-refractivity contribution in [3.63, 3.8) is 0 Å². The van der Waals surface area contributed by atoms with E-state index in [-0.39, 0.29) is 11.9 Å². The van der Waals surface area contributed by atoms with Crippen molar-refractivity contribution in [2.24, 2.45) is 5.92 Å². The van der Waals surface area contributed by atoms with Crippen molar-refractivity contribution in [3.8, 4) is 0 Å². The average Bonchev–Trinajstić information content (AvgIpc) is 3.54. The summed E-state index contributed by atoms with van der Waals surface area (Å²) in [5, 5.41) is 16.0. The average molecular weight is 476 g/mol. The Labute approximate surface area is 205 Å². The van der Waals surface area contributed by atoms with E-state index >= 15 is 0 Å². The molecule has 0 aromatic carbocycles. The number of rotatable bonds is 5. The molecule has 10 heteroatoms. The second-order valence-electron chi connectivity index (χ2n) is 10.3. The van der Waals surface area contributed by atoms with Crippen molar-refractivity contribution in [3.05, 3.63) is 30.1 Å². The van der Waals surface area contributed by atoms with Gasteiger partial charge in [-0.25, -0.2) is 4.98 Å². The van der Waals surface area contributed by atoms with Crippen molar-refractivity contribution in [2.75, 3.05) is 43.9 Å². The molecule has 1 atom stereocenters. The number of nitrogens with one attached hydrogen (secondary N) is 2. The molecule has 3 aliphatic rings. The fourth-order valence-electron chi connectivity index (χ4n) is 5.96. The minimum Gasteiger partial charge on any atom is -0.355 e. The molecule has 1 saturated heterocycles. The van der Waals surface area contributed by atoms with Gasteiger partial charge in [0.25, 0.3) is 5.91 Å². The van der Waals surface area contributed by atoms with Gasteiger partial charge < -0.3 is 25.0 Å². The van der Waals surface area contributed by atoms with Gasteiger partial charge in [0, 0.05) is 37.3 Å². The lowest BCUT2D eigenvalue weighted by Gasteiger charge is -2.35. The summed E-state index contributed by atoms with van der Waals surface area (Å²) in [7, 11) is 4.29. The number of nitrogens with zero attached hydrogens (tertiary/aromatic N) is 7. The number of carbonyl (C=O) groups is 1. The predicted octanol–water partition coefficient (Wildman–Crippen LogP) is 2.97. The second kappa shape index (κ2) is 9.07. The molecule has 6 rings (SSSR count). The number of carbonyl (C=O) groups excluding carboxylic acids is 1. The van der Waals surface area contributed by atoms with Crippen LogP contribution in [0.2, 0.25) is 0 Å². The summed E-state index contributed by atoms with van der Waals surface area (Å²) < 4.78 is 2.14.